The molecule has 34 heavy (non-hydrogen) atoms. The number of ether oxygens (including phenoxy) is 3. The first-order valence-corrected chi connectivity index (χ1v) is 11.3. The monoisotopic (exact) mass is 463 g/mol. The van der Waals surface area contributed by atoms with Gasteiger partial charge in [-0.05, 0) is 16.7 Å². The summed E-state index contributed by atoms with van der Waals surface area (Å²) in [5.41, 5.74) is 2.68. The second-order valence-corrected chi connectivity index (χ2v) is 8.24. The molecule has 178 valence electrons. The van der Waals surface area contributed by atoms with Gasteiger partial charge in [0.2, 0.25) is 0 Å². The highest BCUT2D eigenvalue weighted by Gasteiger charge is 2.52. The summed E-state index contributed by atoms with van der Waals surface area (Å²) in [5, 5.41) is 24.2. The molecule has 1 fully saturated rings. The number of rotatable bonds is 9. The maximum Gasteiger partial charge on any atom is 0.407 e. The van der Waals surface area contributed by atoms with Crippen LogP contribution in [0.5, 0.6) is 0 Å². The van der Waals surface area contributed by atoms with E-state index in [1.165, 1.54) is 0 Å². The molecular weight excluding hydrogens is 434 g/mol. The number of amides is 1. The van der Waals surface area contributed by atoms with Gasteiger partial charge in [-0.2, -0.15) is 0 Å². The van der Waals surface area contributed by atoms with Crippen molar-refractivity contribution in [2.24, 2.45) is 0 Å². The molecule has 7 nitrogen and oxygen atoms in total. The Morgan fingerprint density at radius 2 is 1.09 bits per heavy atom. The molecule has 3 N–H and O–H groups in total. The molecule has 0 bridgehead atoms. The number of aliphatic hydroxyl groups is 2. The fraction of sp³-hybridized carbons (Fsp3) is 0.296. The summed E-state index contributed by atoms with van der Waals surface area (Å²) in [4.78, 5) is 12.5. The average molecular weight is 464 g/mol. The van der Waals surface area contributed by atoms with Crippen molar-refractivity contribution in [2.75, 3.05) is 0 Å². The molecule has 0 aromatic heterocycles. The molecule has 0 aliphatic heterocycles. The van der Waals surface area contributed by atoms with Crippen molar-refractivity contribution in [3.63, 3.8) is 0 Å². The molecule has 1 amide bonds. The molecule has 3 aromatic rings. The van der Waals surface area contributed by atoms with E-state index in [0.29, 0.717) is 0 Å². The van der Waals surface area contributed by atoms with Crippen LogP contribution >= 0.6 is 0 Å². The van der Waals surface area contributed by atoms with Gasteiger partial charge in [0.1, 0.15) is 31.0 Å². The summed E-state index contributed by atoms with van der Waals surface area (Å²) < 4.78 is 17.4. The zero-order chi connectivity index (χ0) is 23.8. The molecule has 1 aliphatic rings. The van der Waals surface area contributed by atoms with Gasteiger partial charge in [0.15, 0.2) is 0 Å². The summed E-state index contributed by atoms with van der Waals surface area (Å²) in [7, 11) is 0. The molecule has 0 radical (unpaired) electrons. The van der Waals surface area contributed by atoms with E-state index in [2.05, 4.69) is 5.32 Å². The van der Waals surface area contributed by atoms with E-state index in [-0.39, 0.29) is 19.8 Å². The smallest absolute Gasteiger partial charge is 0.407 e. The van der Waals surface area contributed by atoms with Crippen LogP contribution in [-0.4, -0.2) is 46.8 Å². The lowest BCUT2D eigenvalue weighted by Gasteiger charge is -2.26. The maximum absolute atomic E-state index is 12.5. The van der Waals surface area contributed by atoms with Crippen LogP contribution in [0.3, 0.4) is 0 Å². The Morgan fingerprint density at radius 3 is 1.59 bits per heavy atom. The van der Waals surface area contributed by atoms with Crippen LogP contribution in [0.1, 0.15) is 16.7 Å². The van der Waals surface area contributed by atoms with Gasteiger partial charge in [-0.3, -0.25) is 0 Å². The van der Waals surface area contributed by atoms with Crippen LogP contribution in [0.2, 0.25) is 0 Å². The van der Waals surface area contributed by atoms with Gasteiger partial charge in [-0.25, -0.2) is 4.79 Å². The number of nitrogens with one attached hydrogen (secondary N) is 1. The van der Waals surface area contributed by atoms with E-state index in [1.54, 1.807) is 0 Å². The first-order valence-electron chi connectivity index (χ1n) is 11.3. The summed E-state index contributed by atoms with van der Waals surface area (Å²) in [5.74, 6) is 0. The molecule has 1 saturated carbocycles. The van der Waals surface area contributed by atoms with Crippen molar-refractivity contribution in [1.82, 2.24) is 5.32 Å². The third kappa shape index (κ3) is 6.21. The van der Waals surface area contributed by atoms with E-state index in [4.69, 9.17) is 14.2 Å². The molecular formula is C27H29NO6. The van der Waals surface area contributed by atoms with Crippen molar-refractivity contribution in [1.29, 1.82) is 0 Å². The van der Waals surface area contributed by atoms with Crippen LogP contribution in [0.15, 0.2) is 91.0 Å². The van der Waals surface area contributed by atoms with Gasteiger partial charge in [0.25, 0.3) is 0 Å². The Bertz CT molecular complexity index is 1020. The van der Waals surface area contributed by atoms with Crippen molar-refractivity contribution < 1.29 is 29.2 Å². The molecule has 7 heteroatoms. The lowest BCUT2D eigenvalue weighted by Crippen LogP contribution is -2.49. The molecule has 3 aromatic carbocycles. The standard InChI is InChI=1S/C27H29NO6/c29-23-22(28-27(31)34-18-21-14-8-3-9-15-21)25(32-16-19-10-4-1-5-11-19)26(24(23)30)33-17-20-12-6-2-7-13-20/h1-15,22-26,29-30H,16-18H2,(H,28,31)/t22-,23+,24+,25-,26-/m1/s1. The number of carbonyl (C=O) groups excluding carboxylic acids is 1. The van der Waals surface area contributed by atoms with E-state index < -0.39 is 36.6 Å². The van der Waals surface area contributed by atoms with E-state index >= 15 is 0 Å². The highest BCUT2D eigenvalue weighted by atomic mass is 16.6. The minimum atomic E-state index is -1.29. The first-order chi connectivity index (χ1) is 16.6. The molecule has 5 atom stereocenters. The Labute approximate surface area is 198 Å². The SMILES string of the molecule is O=C(N[C@@H]1[C@H](O)[C@H](O)[C@@H](OCc2ccccc2)[C@@H]1OCc1ccccc1)OCc1ccccc1. The average Bonchev–Trinajstić information content (AvgIpc) is 3.10. The quantitative estimate of drug-likeness (QED) is 0.451. The van der Waals surface area contributed by atoms with Crippen molar-refractivity contribution >= 4 is 6.09 Å². The normalized spacial score (nSPS) is 24.0. The maximum atomic E-state index is 12.5. The summed E-state index contributed by atoms with van der Waals surface area (Å²) in [6.07, 6.45) is -4.89. The minimum Gasteiger partial charge on any atom is -0.445 e. The molecule has 0 spiro atoms. The predicted octanol–water partition coefficient (Wildman–Crippen LogP) is 3.19. The molecule has 0 saturated heterocycles. The summed E-state index contributed by atoms with van der Waals surface area (Å²) in [6, 6.07) is 27.4. The fourth-order valence-corrected chi connectivity index (χ4v) is 3.99. The Kier molecular flexibility index (Phi) is 8.27. The van der Waals surface area contributed by atoms with Crippen LogP contribution in [0, 0.1) is 0 Å². The van der Waals surface area contributed by atoms with E-state index in [0.717, 1.165) is 16.7 Å². The second-order valence-electron chi connectivity index (χ2n) is 8.24. The van der Waals surface area contributed by atoms with Crippen molar-refractivity contribution in [2.45, 2.75) is 50.3 Å². The number of alkyl carbamates (subject to hydrolysis) is 1. The topological polar surface area (TPSA) is 97.3 Å². The van der Waals surface area contributed by atoms with Crippen molar-refractivity contribution in [3.05, 3.63) is 108 Å². The van der Waals surface area contributed by atoms with Crippen LogP contribution in [0.4, 0.5) is 4.79 Å². The van der Waals surface area contributed by atoms with E-state index in [9.17, 15) is 15.0 Å². The lowest BCUT2D eigenvalue weighted by atomic mass is 10.1. The lowest BCUT2D eigenvalue weighted by molar-refractivity contribution is -0.110. The third-order valence-electron chi connectivity index (χ3n) is 5.80. The Balaban J connectivity index is 1.44. The van der Waals surface area contributed by atoms with Crippen molar-refractivity contribution in [3.8, 4) is 0 Å². The number of hydrogen-bond acceptors (Lipinski definition) is 6. The number of benzene rings is 3. The molecule has 0 unspecified atom stereocenters. The zero-order valence-corrected chi connectivity index (χ0v) is 18.7. The summed E-state index contributed by atoms with van der Waals surface area (Å²) >= 11 is 0. The van der Waals surface area contributed by atoms with E-state index in [1.807, 2.05) is 91.0 Å². The van der Waals surface area contributed by atoms with Crippen LogP contribution < -0.4 is 5.32 Å². The third-order valence-corrected chi connectivity index (χ3v) is 5.80. The Hall–Kier alpha value is -3.23. The number of hydrogen-bond donors (Lipinski definition) is 3. The van der Waals surface area contributed by atoms with Gasteiger partial charge < -0.3 is 29.7 Å². The number of aliphatic hydroxyl groups excluding tert-OH is 2. The predicted molar refractivity (Wildman–Crippen MR) is 126 cm³/mol. The second kappa shape index (κ2) is 11.8. The fourth-order valence-electron chi connectivity index (χ4n) is 3.99. The van der Waals surface area contributed by atoms with Crippen LogP contribution in [-0.2, 0) is 34.0 Å². The van der Waals surface area contributed by atoms with Gasteiger partial charge in [-0.1, -0.05) is 91.0 Å². The minimum absolute atomic E-state index is 0.0848. The number of carbonyl (C=O) groups is 1. The van der Waals surface area contributed by atoms with Gasteiger partial charge in [0.05, 0.1) is 19.3 Å². The summed E-state index contributed by atoms with van der Waals surface area (Å²) in [6.45, 7) is 0.542. The highest BCUT2D eigenvalue weighted by molar-refractivity contribution is 5.68. The molecule has 4 rings (SSSR count). The van der Waals surface area contributed by atoms with Crippen LogP contribution in [0.25, 0.3) is 0 Å². The Morgan fingerprint density at radius 1 is 0.647 bits per heavy atom. The zero-order valence-electron chi connectivity index (χ0n) is 18.7. The van der Waals surface area contributed by atoms with Gasteiger partial charge in [0, 0.05) is 0 Å². The first kappa shape index (κ1) is 23.9. The largest absolute Gasteiger partial charge is 0.445 e. The van der Waals surface area contributed by atoms with Gasteiger partial charge in [-0.15, -0.1) is 0 Å². The molecule has 1 aliphatic carbocycles. The molecule has 0 heterocycles. The highest BCUT2D eigenvalue weighted by Crippen LogP contribution is 2.29. The van der Waals surface area contributed by atoms with Gasteiger partial charge >= 0.3 is 6.09 Å².